The maximum atomic E-state index is 12.6. The van der Waals surface area contributed by atoms with Crippen molar-refractivity contribution in [1.29, 1.82) is 5.26 Å². The molecule has 2 aromatic rings. The van der Waals surface area contributed by atoms with Gasteiger partial charge in [0.2, 0.25) is 0 Å². The van der Waals surface area contributed by atoms with E-state index in [1.807, 2.05) is 6.07 Å². The summed E-state index contributed by atoms with van der Waals surface area (Å²) >= 11 is 0. The fraction of sp³-hybridized carbons (Fsp3) is 0.158. The molecule has 0 saturated heterocycles. The molecule has 0 unspecified atom stereocenters. The minimum Gasteiger partial charge on any atom is -0.479 e. The van der Waals surface area contributed by atoms with Gasteiger partial charge in [0.1, 0.15) is 23.3 Å². The van der Waals surface area contributed by atoms with Gasteiger partial charge in [-0.2, -0.15) is 22.8 Å². The molecule has 0 radical (unpaired) electrons. The number of ether oxygens (including phenoxy) is 3. The predicted molar refractivity (Wildman–Crippen MR) is 90.6 cm³/mol. The van der Waals surface area contributed by atoms with Crippen LogP contribution in [0.4, 0.5) is 17.6 Å². The second kappa shape index (κ2) is 9.97. The standard InChI is InChI=1S/C19H13F4NO4/c20-18(21)27-15-7-3-13(17(11-15)28-19(22)23)4-8-16(25)12-1-5-14(6-2-12)26-10-9-24/h1-8,11,18-19H,10H2/b8-4+. The van der Waals surface area contributed by atoms with Gasteiger partial charge in [-0.3, -0.25) is 4.79 Å². The van der Waals surface area contributed by atoms with Crippen molar-refractivity contribution in [3.8, 4) is 23.3 Å². The highest BCUT2D eigenvalue weighted by molar-refractivity contribution is 6.07. The summed E-state index contributed by atoms with van der Waals surface area (Å²) in [6.07, 6.45) is 2.33. The topological polar surface area (TPSA) is 68.5 Å². The molecule has 0 heterocycles. The van der Waals surface area contributed by atoms with Crippen molar-refractivity contribution in [2.45, 2.75) is 13.2 Å². The molecule has 0 N–H and O–H groups in total. The van der Waals surface area contributed by atoms with Crippen molar-refractivity contribution >= 4 is 11.9 Å². The van der Waals surface area contributed by atoms with Gasteiger partial charge < -0.3 is 14.2 Å². The zero-order chi connectivity index (χ0) is 20.5. The quantitative estimate of drug-likeness (QED) is 0.350. The first kappa shape index (κ1) is 20.8. The van der Waals surface area contributed by atoms with E-state index in [0.717, 1.165) is 18.2 Å². The lowest BCUT2D eigenvalue weighted by atomic mass is 10.1. The van der Waals surface area contributed by atoms with E-state index in [1.54, 1.807) is 0 Å². The molecule has 0 spiro atoms. The van der Waals surface area contributed by atoms with E-state index in [1.165, 1.54) is 36.4 Å². The van der Waals surface area contributed by atoms with Crippen LogP contribution in [0, 0.1) is 11.3 Å². The SMILES string of the molecule is N#CCOc1ccc(C(=O)/C=C/c2ccc(OC(F)F)cc2OC(F)F)cc1. The molecule has 0 fully saturated rings. The molecule has 5 nitrogen and oxygen atoms in total. The molecule has 0 saturated carbocycles. The van der Waals surface area contributed by atoms with Gasteiger partial charge >= 0.3 is 13.2 Å². The molecule has 9 heteroatoms. The number of carbonyl (C=O) groups excluding carboxylic acids is 1. The summed E-state index contributed by atoms with van der Waals surface area (Å²) in [6, 6.07) is 11.0. The third-order valence-electron chi connectivity index (χ3n) is 3.28. The molecule has 0 amide bonds. The summed E-state index contributed by atoms with van der Waals surface area (Å²) in [5.41, 5.74) is 0.360. The number of nitriles is 1. The predicted octanol–water partition coefficient (Wildman–Crippen LogP) is 4.69. The van der Waals surface area contributed by atoms with Crippen LogP contribution < -0.4 is 14.2 Å². The van der Waals surface area contributed by atoms with Crippen LogP contribution in [0.3, 0.4) is 0 Å². The number of allylic oxidation sites excluding steroid dienone is 1. The zero-order valence-electron chi connectivity index (χ0n) is 14.2. The summed E-state index contributed by atoms with van der Waals surface area (Å²) < 4.78 is 63.1. The summed E-state index contributed by atoms with van der Waals surface area (Å²) in [6.45, 7) is -6.45. The van der Waals surface area contributed by atoms with Crippen molar-refractivity contribution in [3.05, 3.63) is 59.7 Å². The molecule has 0 aliphatic heterocycles. The van der Waals surface area contributed by atoms with E-state index in [2.05, 4.69) is 9.47 Å². The van der Waals surface area contributed by atoms with Gasteiger partial charge in [-0.15, -0.1) is 0 Å². The molecular formula is C19H13F4NO4. The van der Waals surface area contributed by atoms with E-state index in [0.29, 0.717) is 5.75 Å². The second-order valence-electron chi connectivity index (χ2n) is 5.13. The van der Waals surface area contributed by atoms with Crippen molar-refractivity contribution in [2.75, 3.05) is 6.61 Å². The van der Waals surface area contributed by atoms with Crippen molar-refractivity contribution in [3.63, 3.8) is 0 Å². The van der Waals surface area contributed by atoms with Crippen molar-refractivity contribution in [1.82, 2.24) is 0 Å². The molecule has 2 aromatic carbocycles. The Morgan fingerprint density at radius 3 is 2.25 bits per heavy atom. The maximum absolute atomic E-state index is 12.6. The molecule has 0 aliphatic carbocycles. The minimum absolute atomic E-state index is 0.0734. The lowest BCUT2D eigenvalue weighted by molar-refractivity contribution is -0.0543. The summed E-state index contributed by atoms with van der Waals surface area (Å²) in [5, 5.41) is 8.45. The number of benzene rings is 2. The Hall–Kier alpha value is -3.54. The third-order valence-corrected chi connectivity index (χ3v) is 3.28. The molecule has 0 aliphatic rings. The Morgan fingerprint density at radius 1 is 1.00 bits per heavy atom. The number of nitrogens with zero attached hydrogens (tertiary/aromatic N) is 1. The fourth-order valence-corrected chi connectivity index (χ4v) is 2.12. The first-order valence-electron chi connectivity index (χ1n) is 7.75. The molecule has 28 heavy (non-hydrogen) atoms. The highest BCUT2D eigenvalue weighted by Crippen LogP contribution is 2.28. The normalized spacial score (nSPS) is 10.9. The molecule has 0 aromatic heterocycles. The Morgan fingerprint density at radius 2 is 1.64 bits per heavy atom. The zero-order valence-corrected chi connectivity index (χ0v) is 14.2. The Labute approximate surface area is 157 Å². The average molecular weight is 395 g/mol. The average Bonchev–Trinajstić information content (AvgIpc) is 2.65. The molecule has 2 rings (SSSR count). The third kappa shape index (κ3) is 6.32. The van der Waals surface area contributed by atoms with Crippen LogP contribution >= 0.6 is 0 Å². The van der Waals surface area contributed by atoms with Crippen LogP contribution in [0.5, 0.6) is 17.2 Å². The number of ketones is 1. The minimum atomic E-state index is -3.19. The lowest BCUT2D eigenvalue weighted by Crippen LogP contribution is -2.06. The van der Waals surface area contributed by atoms with E-state index in [4.69, 9.17) is 10.00 Å². The first-order valence-corrected chi connectivity index (χ1v) is 7.75. The number of carbonyl (C=O) groups is 1. The van der Waals surface area contributed by atoms with Crippen LogP contribution in [0.2, 0.25) is 0 Å². The molecule has 0 atom stereocenters. The number of hydrogen-bond donors (Lipinski definition) is 0. The van der Waals surface area contributed by atoms with Gasteiger partial charge in [-0.1, -0.05) is 0 Å². The first-order chi connectivity index (χ1) is 13.4. The van der Waals surface area contributed by atoms with Gasteiger partial charge in [0.15, 0.2) is 12.4 Å². The van der Waals surface area contributed by atoms with Crippen LogP contribution in [0.25, 0.3) is 6.08 Å². The Kier molecular flexibility index (Phi) is 7.39. The van der Waals surface area contributed by atoms with Crippen molar-refractivity contribution in [2.24, 2.45) is 0 Å². The van der Waals surface area contributed by atoms with Crippen LogP contribution in [-0.2, 0) is 0 Å². The van der Waals surface area contributed by atoms with Gasteiger partial charge in [-0.05, 0) is 48.6 Å². The summed E-state index contributed by atoms with van der Waals surface area (Å²) in [4.78, 5) is 12.2. The van der Waals surface area contributed by atoms with Gasteiger partial charge in [0.05, 0.1) is 0 Å². The van der Waals surface area contributed by atoms with Crippen molar-refractivity contribution < 1.29 is 36.6 Å². The highest BCUT2D eigenvalue weighted by Gasteiger charge is 2.12. The molecular weight excluding hydrogens is 382 g/mol. The van der Waals surface area contributed by atoms with E-state index in [9.17, 15) is 22.4 Å². The summed E-state index contributed by atoms with van der Waals surface area (Å²) in [5.74, 6) is -0.813. The Bertz CT molecular complexity index is 876. The highest BCUT2D eigenvalue weighted by atomic mass is 19.3. The lowest BCUT2D eigenvalue weighted by Gasteiger charge is -2.11. The fourth-order valence-electron chi connectivity index (χ4n) is 2.12. The monoisotopic (exact) mass is 395 g/mol. The van der Waals surface area contributed by atoms with E-state index < -0.39 is 24.8 Å². The van der Waals surface area contributed by atoms with Gasteiger partial charge in [-0.25, -0.2) is 0 Å². The van der Waals surface area contributed by atoms with E-state index >= 15 is 0 Å². The van der Waals surface area contributed by atoms with Crippen LogP contribution in [0.1, 0.15) is 15.9 Å². The van der Waals surface area contributed by atoms with Crippen LogP contribution in [0.15, 0.2) is 48.5 Å². The number of rotatable bonds is 9. The molecule has 0 bridgehead atoms. The van der Waals surface area contributed by atoms with Crippen LogP contribution in [-0.4, -0.2) is 25.6 Å². The van der Waals surface area contributed by atoms with Gasteiger partial charge in [0.25, 0.3) is 0 Å². The molecule has 146 valence electrons. The Balaban J connectivity index is 2.17. The number of hydrogen-bond acceptors (Lipinski definition) is 5. The maximum Gasteiger partial charge on any atom is 0.387 e. The smallest absolute Gasteiger partial charge is 0.387 e. The van der Waals surface area contributed by atoms with Gasteiger partial charge in [0, 0.05) is 17.2 Å². The largest absolute Gasteiger partial charge is 0.479 e. The number of halogens is 4. The summed E-state index contributed by atoms with van der Waals surface area (Å²) in [7, 11) is 0. The van der Waals surface area contributed by atoms with E-state index in [-0.39, 0.29) is 23.5 Å². The number of alkyl halides is 4. The second-order valence-corrected chi connectivity index (χ2v) is 5.13.